The molecule has 3 N–H and O–H groups in total. The second kappa shape index (κ2) is 7.41. The van der Waals surface area contributed by atoms with E-state index in [4.69, 9.17) is 16.3 Å². The number of halogens is 1. The summed E-state index contributed by atoms with van der Waals surface area (Å²) in [4.78, 5) is 7.62. The predicted octanol–water partition coefficient (Wildman–Crippen LogP) is 2.04. The Balaban J connectivity index is 1.93. The van der Waals surface area contributed by atoms with Crippen molar-refractivity contribution in [2.75, 3.05) is 19.8 Å². The number of hydrogen-bond donors (Lipinski definition) is 3. The Morgan fingerprint density at radius 1 is 1.45 bits per heavy atom. The number of hydrogen-bond acceptors (Lipinski definition) is 4. The molecule has 1 aliphatic heterocycles. The Bertz CT molecular complexity index is 417. The van der Waals surface area contributed by atoms with E-state index in [0.717, 1.165) is 43.6 Å². The van der Waals surface area contributed by atoms with Crippen molar-refractivity contribution in [3.63, 3.8) is 0 Å². The number of aliphatic hydroxyl groups is 1. The largest absolute Gasteiger partial charge is 0.394 e. The molecule has 1 aliphatic rings. The third-order valence-electron chi connectivity index (χ3n) is 3.94. The Labute approximate surface area is 125 Å². The molecule has 2 rings (SSSR count). The maximum atomic E-state index is 9.63. The highest BCUT2D eigenvalue weighted by Gasteiger charge is 2.31. The number of nitrogens with one attached hydrogen (secondary N) is 2. The van der Waals surface area contributed by atoms with Crippen LogP contribution in [0.3, 0.4) is 0 Å². The quantitative estimate of drug-likeness (QED) is 0.721. The van der Waals surface area contributed by atoms with Crippen LogP contribution in [0.4, 0.5) is 0 Å². The summed E-state index contributed by atoms with van der Waals surface area (Å²) in [5.74, 6) is 0.943. The maximum Gasteiger partial charge on any atom is 0.151 e. The van der Waals surface area contributed by atoms with Crippen molar-refractivity contribution < 1.29 is 9.84 Å². The second-order valence-electron chi connectivity index (χ2n) is 5.46. The molecule has 2 heterocycles. The third-order valence-corrected chi connectivity index (χ3v) is 4.25. The fourth-order valence-corrected chi connectivity index (χ4v) is 2.66. The molecule has 114 valence electrons. The van der Waals surface area contributed by atoms with Crippen molar-refractivity contribution in [2.24, 2.45) is 0 Å². The van der Waals surface area contributed by atoms with Gasteiger partial charge >= 0.3 is 0 Å². The molecule has 0 amide bonds. The molecule has 0 bridgehead atoms. The normalized spacial score (nSPS) is 18.4. The summed E-state index contributed by atoms with van der Waals surface area (Å²) in [6, 6.07) is 0. The molecule has 1 aromatic rings. The summed E-state index contributed by atoms with van der Waals surface area (Å²) < 4.78 is 5.35. The van der Waals surface area contributed by atoms with Gasteiger partial charge in [-0.05, 0) is 19.3 Å². The number of unbranched alkanes of at least 4 members (excludes halogenated alkanes) is 1. The van der Waals surface area contributed by atoms with Gasteiger partial charge < -0.3 is 20.1 Å². The first-order valence-corrected chi connectivity index (χ1v) is 7.74. The van der Waals surface area contributed by atoms with Gasteiger partial charge in [-0.2, -0.15) is 0 Å². The molecule has 20 heavy (non-hydrogen) atoms. The molecular weight excluding hydrogens is 278 g/mol. The lowest BCUT2D eigenvalue weighted by Gasteiger charge is -2.36. The average Bonchev–Trinajstić information content (AvgIpc) is 2.84. The van der Waals surface area contributed by atoms with E-state index in [1.54, 1.807) is 0 Å². The van der Waals surface area contributed by atoms with Gasteiger partial charge in [-0.3, -0.25) is 0 Å². The predicted molar refractivity (Wildman–Crippen MR) is 78.9 cm³/mol. The highest BCUT2D eigenvalue weighted by Crippen LogP contribution is 2.22. The van der Waals surface area contributed by atoms with Crippen molar-refractivity contribution >= 4 is 11.6 Å². The molecule has 0 aliphatic carbocycles. The number of aromatic amines is 1. The van der Waals surface area contributed by atoms with E-state index in [0.29, 0.717) is 24.9 Å². The lowest BCUT2D eigenvalue weighted by molar-refractivity contribution is 0.0110. The van der Waals surface area contributed by atoms with Gasteiger partial charge in [0.1, 0.15) is 5.82 Å². The number of aromatic nitrogens is 2. The van der Waals surface area contributed by atoms with E-state index in [1.807, 2.05) is 0 Å². The minimum Gasteiger partial charge on any atom is -0.394 e. The van der Waals surface area contributed by atoms with Crippen LogP contribution in [0.15, 0.2) is 0 Å². The van der Waals surface area contributed by atoms with Crippen molar-refractivity contribution in [3.8, 4) is 0 Å². The molecule has 1 saturated heterocycles. The van der Waals surface area contributed by atoms with Crippen LogP contribution < -0.4 is 5.32 Å². The van der Waals surface area contributed by atoms with Gasteiger partial charge in [0.2, 0.25) is 0 Å². The summed E-state index contributed by atoms with van der Waals surface area (Å²) in [7, 11) is 0. The number of ether oxygens (including phenoxy) is 1. The zero-order valence-electron chi connectivity index (χ0n) is 12.0. The van der Waals surface area contributed by atoms with Crippen LogP contribution in [0.5, 0.6) is 0 Å². The van der Waals surface area contributed by atoms with Crippen LogP contribution in [-0.2, 0) is 17.7 Å². The van der Waals surface area contributed by atoms with E-state index >= 15 is 0 Å². The molecule has 0 spiro atoms. The molecule has 6 heteroatoms. The molecule has 1 fully saturated rings. The van der Waals surface area contributed by atoms with Gasteiger partial charge in [0.05, 0.1) is 12.3 Å². The number of aryl methyl sites for hydroxylation is 1. The van der Waals surface area contributed by atoms with E-state index in [-0.39, 0.29) is 12.1 Å². The number of rotatable bonds is 7. The molecule has 0 radical (unpaired) electrons. The molecule has 1 aromatic heterocycles. The lowest BCUT2D eigenvalue weighted by atomic mass is 9.91. The van der Waals surface area contributed by atoms with Crippen molar-refractivity contribution in [1.82, 2.24) is 15.3 Å². The van der Waals surface area contributed by atoms with Crippen LogP contribution in [0.2, 0.25) is 5.15 Å². The summed E-state index contributed by atoms with van der Waals surface area (Å²) >= 11 is 6.16. The summed E-state index contributed by atoms with van der Waals surface area (Å²) in [5, 5.41) is 13.6. The standard InChI is InChI=1S/C14H24ClN3O2/c1-2-3-4-12-17-11(13(15)18-12)9-16-14(10-19)5-7-20-8-6-14/h16,19H,2-10H2,1H3,(H,17,18). The van der Waals surface area contributed by atoms with Gasteiger partial charge in [0.15, 0.2) is 5.15 Å². The van der Waals surface area contributed by atoms with E-state index in [9.17, 15) is 5.11 Å². The Kier molecular flexibility index (Phi) is 5.84. The van der Waals surface area contributed by atoms with Crippen LogP contribution in [0.25, 0.3) is 0 Å². The molecule has 0 aromatic carbocycles. The van der Waals surface area contributed by atoms with Crippen molar-refractivity contribution in [2.45, 2.75) is 51.1 Å². The Morgan fingerprint density at radius 2 is 2.20 bits per heavy atom. The minimum atomic E-state index is -0.254. The molecule has 0 atom stereocenters. The fraction of sp³-hybridized carbons (Fsp3) is 0.786. The van der Waals surface area contributed by atoms with Gasteiger partial charge in [-0.1, -0.05) is 24.9 Å². The summed E-state index contributed by atoms with van der Waals surface area (Å²) in [6.45, 7) is 4.24. The first-order chi connectivity index (χ1) is 9.69. The van der Waals surface area contributed by atoms with E-state index < -0.39 is 0 Å². The minimum absolute atomic E-state index is 0.116. The fourth-order valence-electron chi connectivity index (χ4n) is 2.45. The smallest absolute Gasteiger partial charge is 0.151 e. The highest BCUT2D eigenvalue weighted by molar-refractivity contribution is 6.30. The third kappa shape index (κ3) is 3.95. The molecule has 0 unspecified atom stereocenters. The van der Waals surface area contributed by atoms with Crippen molar-refractivity contribution in [3.05, 3.63) is 16.7 Å². The van der Waals surface area contributed by atoms with Crippen molar-refractivity contribution in [1.29, 1.82) is 0 Å². The number of aliphatic hydroxyl groups excluding tert-OH is 1. The SMILES string of the molecule is CCCCc1nc(Cl)c(CNC2(CO)CCOCC2)[nH]1. The first kappa shape index (κ1) is 15.8. The Hall–Kier alpha value is -0.620. The summed E-state index contributed by atoms with van der Waals surface area (Å²) in [6.07, 6.45) is 4.80. The van der Waals surface area contributed by atoms with Gasteiger partial charge in [-0.25, -0.2) is 4.98 Å². The van der Waals surface area contributed by atoms with E-state index in [1.165, 1.54) is 0 Å². The van der Waals surface area contributed by atoms with Gasteiger partial charge in [-0.15, -0.1) is 0 Å². The zero-order valence-corrected chi connectivity index (χ0v) is 12.8. The lowest BCUT2D eigenvalue weighted by Crippen LogP contribution is -2.51. The molecule has 5 nitrogen and oxygen atoms in total. The molecular formula is C14H24ClN3O2. The highest BCUT2D eigenvalue weighted by atomic mass is 35.5. The first-order valence-electron chi connectivity index (χ1n) is 7.36. The summed E-state index contributed by atoms with van der Waals surface area (Å²) in [5.41, 5.74) is 0.646. The van der Waals surface area contributed by atoms with E-state index in [2.05, 4.69) is 22.2 Å². The number of imidazole rings is 1. The second-order valence-corrected chi connectivity index (χ2v) is 5.82. The molecule has 0 saturated carbocycles. The Morgan fingerprint density at radius 3 is 2.85 bits per heavy atom. The number of H-pyrrole nitrogens is 1. The van der Waals surface area contributed by atoms with Gasteiger partial charge in [0, 0.05) is 31.7 Å². The topological polar surface area (TPSA) is 70.2 Å². The monoisotopic (exact) mass is 301 g/mol. The number of nitrogens with zero attached hydrogens (tertiary/aromatic N) is 1. The van der Waals surface area contributed by atoms with Crippen LogP contribution in [0, 0.1) is 0 Å². The average molecular weight is 302 g/mol. The zero-order chi connectivity index (χ0) is 14.4. The maximum absolute atomic E-state index is 9.63. The van der Waals surface area contributed by atoms with Gasteiger partial charge in [0.25, 0.3) is 0 Å². The van der Waals surface area contributed by atoms with Crippen LogP contribution >= 0.6 is 11.6 Å². The van der Waals surface area contributed by atoms with Crippen LogP contribution in [-0.4, -0.2) is 40.4 Å². The van der Waals surface area contributed by atoms with Crippen LogP contribution in [0.1, 0.15) is 44.1 Å².